The second kappa shape index (κ2) is 8.18. The first-order valence-corrected chi connectivity index (χ1v) is 9.62. The summed E-state index contributed by atoms with van der Waals surface area (Å²) in [5.74, 6) is -4.06. The number of hydrogen-bond acceptors (Lipinski definition) is 4. The van der Waals surface area contributed by atoms with E-state index in [1.807, 2.05) is 0 Å². The van der Waals surface area contributed by atoms with Crippen molar-refractivity contribution in [3.8, 4) is 0 Å². The number of amides is 1. The summed E-state index contributed by atoms with van der Waals surface area (Å²) in [5, 5.41) is 3.97. The molecule has 0 saturated carbocycles. The monoisotopic (exact) mass is 470 g/mol. The van der Waals surface area contributed by atoms with Crippen LogP contribution in [0.3, 0.4) is 0 Å². The van der Waals surface area contributed by atoms with Crippen LogP contribution >= 0.6 is 0 Å². The van der Waals surface area contributed by atoms with Gasteiger partial charge in [-0.2, -0.15) is 18.3 Å². The van der Waals surface area contributed by atoms with Crippen molar-refractivity contribution in [2.45, 2.75) is 31.3 Å². The first kappa shape index (κ1) is 22.8. The minimum absolute atomic E-state index is 0.0740. The summed E-state index contributed by atoms with van der Waals surface area (Å²) in [6.07, 6.45) is -2.21. The number of hydrogen-bond donors (Lipinski definition) is 0. The zero-order chi connectivity index (χ0) is 24.0. The molecule has 2 unspecified atom stereocenters. The van der Waals surface area contributed by atoms with E-state index in [1.165, 1.54) is 30.3 Å². The Hall–Kier alpha value is -3.41. The molecule has 6 nitrogen and oxygen atoms in total. The van der Waals surface area contributed by atoms with Crippen LogP contribution in [0.5, 0.6) is 0 Å². The second-order valence-corrected chi connectivity index (χ2v) is 7.52. The number of nitrogens with zero attached hydrogens (tertiary/aromatic N) is 4. The maximum absolute atomic E-state index is 14.8. The van der Waals surface area contributed by atoms with Crippen LogP contribution < -0.4 is 0 Å². The van der Waals surface area contributed by atoms with Gasteiger partial charge < -0.3 is 9.64 Å². The van der Waals surface area contributed by atoms with E-state index < -0.39 is 59.0 Å². The summed E-state index contributed by atoms with van der Waals surface area (Å²) in [6, 6.07) is 3.48. The lowest BCUT2D eigenvalue weighted by atomic mass is 9.86. The zero-order valence-electron chi connectivity index (χ0n) is 17.0. The molecule has 2 atom stereocenters. The predicted molar refractivity (Wildman–Crippen MR) is 101 cm³/mol. The highest BCUT2D eigenvalue weighted by Gasteiger charge is 2.51. The quantitative estimate of drug-likeness (QED) is 0.539. The Labute approximate surface area is 183 Å². The molecule has 1 amide bonds. The number of ether oxygens (including phenoxy) is 1. The van der Waals surface area contributed by atoms with Crippen LogP contribution in [-0.4, -0.2) is 38.3 Å². The van der Waals surface area contributed by atoms with Gasteiger partial charge in [-0.05, 0) is 31.2 Å². The number of benzene rings is 2. The number of alkyl halides is 3. The van der Waals surface area contributed by atoms with E-state index in [2.05, 4.69) is 10.1 Å². The van der Waals surface area contributed by atoms with Gasteiger partial charge in [0, 0.05) is 11.6 Å². The molecule has 12 heteroatoms. The Balaban J connectivity index is 1.72. The topological polar surface area (TPSA) is 60.2 Å². The summed E-state index contributed by atoms with van der Waals surface area (Å²) in [6.45, 7) is 0.953. The molecule has 0 N–H and O–H groups in total. The fourth-order valence-corrected chi connectivity index (χ4v) is 3.88. The fourth-order valence-electron chi connectivity index (χ4n) is 3.88. The number of carbonyl (C=O) groups is 1. The van der Waals surface area contributed by atoms with Crippen molar-refractivity contribution in [2.75, 3.05) is 6.73 Å². The van der Waals surface area contributed by atoms with Crippen LogP contribution in [0.25, 0.3) is 0 Å². The van der Waals surface area contributed by atoms with Gasteiger partial charge in [-0.15, -0.1) is 0 Å². The molecule has 1 aliphatic rings. The molecule has 0 spiro atoms. The van der Waals surface area contributed by atoms with Gasteiger partial charge in [-0.1, -0.05) is 6.07 Å². The van der Waals surface area contributed by atoms with E-state index >= 15 is 0 Å². The highest BCUT2D eigenvalue weighted by molar-refractivity contribution is 5.95. The first-order valence-electron chi connectivity index (χ1n) is 9.62. The Morgan fingerprint density at radius 2 is 1.91 bits per heavy atom. The van der Waals surface area contributed by atoms with Crippen LogP contribution in [0, 0.1) is 17.5 Å². The van der Waals surface area contributed by atoms with Crippen molar-refractivity contribution in [1.29, 1.82) is 0 Å². The molecule has 2 aromatic carbocycles. The van der Waals surface area contributed by atoms with E-state index in [4.69, 9.17) is 4.74 Å². The van der Waals surface area contributed by atoms with Gasteiger partial charge in [0.15, 0.2) is 0 Å². The molecule has 2 heterocycles. The van der Waals surface area contributed by atoms with Gasteiger partial charge in [0.05, 0.1) is 23.7 Å². The largest absolute Gasteiger partial charge is 0.416 e. The third kappa shape index (κ3) is 4.06. The fraction of sp³-hybridized carbons (Fsp3) is 0.286. The summed E-state index contributed by atoms with van der Waals surface area (Å²) >= 11 is 0. The minimum Gasteiger partial charge on any atom is -0.346 e. The average Bonchev–Trinajstić information content (AvgIpc) is 3.36. The van der Waals surface area contributed by atoms with Crippen molar-refractivity contribution in [2.24, 2.45) is 0 Å². The molecule has 1 aliphatic heterocycles. The van der Waals surface area contributed by atoms with Crippen LogP contribution in [0.2, 0.25) is 0 Å². The minimum atomic E-state index is -4.78. The van der Waals surface area contributed by atoms with Gasteiger partial charge >= 0.3 is 6.18 Å². The smallest absolute Gasteiger partial charge is 0.346 e. The first-order chi connectivity index (χ1) is 15.5. The van der Waals surface area contributed by atoms with E-state index in [-0.39, 0.29) is 18.2 Å². The Kier molecular flexibility index (Phi) is 5.64. The van der Waals surface area contributed by atoms with Crippen LogP contribution in [0.4, 0.5) is 26.3 Å². The summed E-state index contributed by atoms with van der Waals surface area (Å²) in [5.41, 5.74) is -3.48. The summed E-state index contributed by atoms with van der Waals surface area (Å²) < 4.78 is 88.4. The lowest BCUT2D eigenvalue weighted by Gasteiger charge is -2.34. The number of aromatic nitrogens is 3. The van der Waals surface area contributed by atoms with Gasteiger partial charge in [-0.3, -0.25) is 4.79 Å². The zero-order valence-corrected chi connectivity index (χ0v) is 17.0. The van der Waals surface area contributed by atoms with Crippen molar-refractivity contribution >= 4 is 5.91 Å². The molecule has 1 aromatic heterocycles. The Bertz CT molecular complexity index is 1180. The van der Waals surface area contributed by atoms with Crippen LogP contribution in [0.1, 0.15) is 28.4 Å². The third-order valence-electron chi connectivity index (χ3n) is 5.64. The molecule has 0 bridgehead atoms. The average molecular weight is 470 g/mol. The van der Waals surface area contributed by atoms with Gasteiger partial charge in [-0.25, -0.2) is 22.8 Å². The lowest BCUT2D eigenvalue weighted by molar-refractivity contribution is -0.137. The molecular weight excluding hydrogens is 454 g/mol. The van der Waals surface area contributed by atoms with E-state index in [0.717, 1.165) is 17.0 Å². The summed E-state index contributed by atoms with van der Waals surface area (Å²) in [7, 11) is 0. The maximum Gasteiger partial charge on any atom is 0.416 e. The molecule has 174 valence electrons. The van der Waals surface area contributed by atoms with Gasteiger partial charge in [0.2, 0.25) is 0 Å². The number of rotatable bonds is 4. The number of halogens is 6. The maximum atomic E-state index is 14.8. The number of carbonyl (C=O) groups excluding carboxylic acids is 1. The molecule has 1 saturated heterocycles. The van der Waals surface area contributed by atoms with Gasteiger partial charge in [0.25, 0.3) is 5.91 Å². The van der Waals surface area contributed by atoms with Crippen molar-refractivity contribution < 1.29 is 35.9 Å². The van der Waals surface area contributed by atoms with Crippen molar-refractivity contribution in [1.82, 2.24) is 19.7 Å². The van der Waals surface area contributed by atoms with E-state index in [0.29, 0.717) is 12.1 Å². The highest BCUT2D eigenvalue weighted by atomic mass is 19.4. The molecule has 3 aromatic rings. The molecule has 0 radical (unpaired) electrons. The lowest BCUT2D eigenvalue weighted by Crippen LogP contribution is -2.46. The molecular formula is C21H16F6N4O2. The standard InChI is InChI=1S/C21H16F6N4O2/c1-12-20(8-30-10-28-9-29-30,16-5-3-14(22)7-18(16)24)33-11-31(12)19(32)15-4-2-13(6-17(15)23)21(25,26)27/h2-7,9-10,12H,8,11H2,1H3. The normalized spacial score (nSPS) is 20.9. The van der Waals surface area contributed by atoms with Crippen LogP contribution in [-0.2, 0) is 23.1 Å². The Morgan fingerprint density at radius 3 is 2.52 bits per heavy atom. The molecule has 4 rings (SSSR count). The Morgan fingerprint density at radius 1 is 1.15 bits per heavy atom. The molecule has 0 aliphatic carbocycles. The highest BCUT2D eigenvalue weighted by Crippen LogP contribution is 2.41. The third-order valence-corrected chi connectivity index (χ3v) is 5.64. The second-order valence-electron chi connectivity index (χ2n) is 7.52. The SMILES string of the molecule is CC1N(C(=O)c2ccc(C(F)(F)F)cc2F)COC1(Cn1cncn1)c1ccc(F)cc1F. The molecule has 1 fully saturated rings. The van der Waals surface area contributed by atoms with Crippen molar-refractivity contribution in [3.05, 3.63) is 83.2 Å². The summed E-state index contributed by atoms with van der Waals surface area (Å²) in [4.78, 5) is 17.9. The molecule has 33 heavy (non-hydrogen) atoms. The van der Waals surface area contributed by atoms with E-state index in [1.54, 1.807) is 0 Å². The van der Waals surface area contributed by atoms with E-state index in [9.17, 15) is 31.1 Å². The van der Waals surface area contributed by atoms with Gasteiger partial charge in [0.1, 0.15) is 42.4 Å². The predicted octanol–water partition coefficient (Wildman–Crippen LogP) is 4.13. The van der Waals surface area contributed by atoms with Crippen LogP contribution in [0.15, 0.2) is 49.1 Å². The van der Waals surface area contributed by atoms with Crippen molar-refractivity contribution in [3.63, 3.8) is 0 Å².